The Labute approximate surface area is 169 Å². The van der Waals surface area contributed by atoms with E-state index in [4.69, 9.17) is 9.47 Å². The lowest BCUT2D eigenvalue weighted by atomic mass is 9.68. The number of ether oxygens (including phenoxy) is 2. The van der Waals surface area contributed by atoms with Crippen molar-refractivity contribution < 1.29 is 28.7 Å². The number of aromatic nitrogens is 1. The lowest BCUT2D eigenvalue weighted by molar-refractivity contribution is -0.168. The zero-order chi connectivity index (χ0) is 21.3. The van der Waals surface area contributed by atoms with Gasteiger partial charge in [0.05, 0.1) is 24.4 Å². The zero-order valence-electron chi connectivity index (χ0n) is 17.1. The lowest BCUT2D eigenvalue weighted by Crippen LogP contribution is -2.56. The first-order valence-electron chi connectivity index (χ1n) is 9.88. The first-order valence-corrected chi connectivity index (χ1v) is 9.88. The monoisotopic (exact) mass is 399 g/mol. The molecular weight excluding hydrogens is 374 g/mol. The number of carbonyl (C=O) groups excluding carboxylic acids is 4. The van der Waals surface area contributed by atoms with Crippen LogP contribution < -0.4 is 0 Å². The average Bonchev–Trinajstić information content (AvgIpc) is 3.02. The van der Waals surface area contributed by atoms with Crippen molar-refractivity contribution in [2.24, 2.45) is 5.92 Å². The molecule has 1 aromatic carbocycles. The van der Waals surface area contributed by atoms with E-state index in [1.54, 1.807) is 26.8 Å². The minimum Gasteiger partial charge on any atom is -0.465 e. The number of rotatable bonds is 6. The molecule has 0 aliphatic carbocycles. The molecule has 0 radical (unpaired) electrons. The number of hydrogen-bond acceptors (Lipinski definition) is 6. The Morgan fingerprint density at radius 2 is 1.79 bits per heavy atom. The molecule has 0 bridgehead atoms. The number of fused-ring (bicyclic) bond motifs is 3. The normalized spacial score (nSPS) is 17.7. The minimum atomic E-state index is -1.89. The van der Waals surface area contributed by atoms with Gasteiger partial charge in [-0.15, -0.1) is 0 Å². The second-order valence-corrected chi connectivity index (χ2v) is 7.17. The second-order valence-electron chi connectivity index (χ2n) is 7.17. The van der Waals surface area contributed by atoms with Crippen LogP contribution in [0.3, 0.4) is 0 Å². The van der Waals surface area contributed by atoms with Gasteiger partial charge in [0.1, 0.15) is 0 Å². The fourth-order valence-electron chi connectivity index (χ4n) is 4.26. The molecule has 2 heterocycles. The van der Waals surface area contributed by atoms with Crippen LogP contribution in [0.4, 0.5) is 0 Å². The summed E-state index contributed by atoms with van der Waals surface area (Å²) in [6.45, 7) is 7.00. The molecular formula is C22H25NO6. The molecule has 0 N–H and O–H groups in total. The van der Waals surface area contributed by atoms with Gasteiger partial charge < -0.3 is 9.47 Å². The van der Waals surface area contributed by atoms with Gasteiger partial charge in [-0.05, 0) is 43.9 Å². The van der Waals surface area contributed by atoms with Gasteiger partial charge in [-0.1, -0.05) is 19.9 Å². The Morgan fingerprint density at radius 3 is 2.31 bits per heavy atom. The fourth-order valence-corrected chi connectivity index (χ4v) is 4.26. The maximum Gasteiger partial charge on any atom is 0.329 e. The van der Waals surface area contributed by atoms with Crippen molar-refractivity contribution >= 4 is 35.0 Å². The molecule has 3 rings (SSSR count). The molecule has 0 fully saturated rings. The van der Waals surface area contributed by atoms with Crippen molar-refractivity contribution in [1.29, 1.82) is 0 Å². The SMILES string of the molecule is CCOC(=O)C1(C(=O)OCC)c2c(C=O)c3cc(CC)ccc3n2C(=O)CC1C. The lowest BCUT2D eigenvalue weighted by Gasteiger charge is -2.38. The van der Waals surface area contributed by atoms with E-state index < -0.39 is 23.3 Å². The van der Waals surface area contributed by atoms with Gasteiger partial charge in [0.15, 0.2) is 6.29 Å². The molecule has 0 saturated heterocycles. The number of benzene rings is 1. The molecule has 0 saturated carbocycles. The predicted octanol–water partition coefficient (Wildman–Crippen LogP) is 3.06. The van der Waals surface area contributed by atoms with Crippen molar-refractivity contribution in [3.8, 4) is 0 Å². The maximum absolute atomic E-state index is 13.2. The van der Waals surface area contributed by atoms with Crippen molar-refractivity contribution in [3.05, 3.63) is 35.0 Å². The Morgan fingerprint density at radius 1 is 1.17 bits per heavy atom. The summed E-state index contributed by atoms with van der Waals surface area (Å²) in [5, 5.41) is 0.537. The number of aryl methyl sites for hydroxylation is 1. The van der Waals surface area contributed by atoms with Crippen LogP contribution >= 0.6 is 0 Å². The number of esters is 2. The highest BCUT2D eigenvalue weighted by Crippen LogP contribution is 2.46. The van der Waals surface area contributed by atoms with Crippen LogP contribution in [0.15, 0.2) is 18.2 Å². The molecule has 29 heavy (non-hydrogen) atoms. The van der Waals surface area contributed by atoms with Crippen molar-refractivity contribution in [3.63, 3.8) is 0 Å². The van der Waals surface area contributed by atoms with Gasteiger partial charge in [0, 0.05) is 17.4 Å². The summed E-state index contributed by atoms with van der Waals surface area (Å²) in [5.41, 5.74) is -0.217. The molecule has 1 aromatic heterocycles. The molecule has 7 heteroatoms. The average molecular weight is 399 g/mol. The molecule has 7 nitrogen and oxygen atoms in total. The van der Waals surface area contributed by atoms with E-state index >= 15 is 0 Å². The highest BCUT2D eigenvalue weighted by molar-refractivity contribution is 6.15. The van der Waals surface area contributed by atoms with Crippen LogP contribution in [0.2, 0.25) is 0 Å². The third-order valence-electron chi connectivity index (χ3n) is 5.63. The van der Waals surface area contributed by atoms with Crippen LogP contribution in [0, 0.1) is 5.92 Å². The minimum absolute atomic E-state index is 0.0522. The highest BCUT2D eigenvalue weighted by Gasteiger charge is 2.61. The van der Waals surface area contributed by atoms with E-state index in [0.717, 1.165) is 12.0 Å². The number of carbonyl (C=O) groups is 4. The molecule has 1 aliphatic heterocycles. The quantitative estimate of drug-likeness (QED) is 0.421. The van der Waals surface area contributed by atoms with Crippen LogP contribution in [0.1, 0.15) is 60.5 Å². The van der Waals surface area contributed by atoms with Crippen LogP contribution in [-0.4, -0.2) is 41.9 Å². The van der Waals surface area contributed by atoms with E-state index in [1.807, 2.05) is 19.1 Å². The number of hydrogen-bond donors (Lipinski definition) is 0. The molecule has 0 spiro atoms. The first kappa shape index (κ1) is 20.8. The summed E-state index contributed by atoms with van der Waals surface area (Å²) >= 11 is 0. The molecule has 1 aliphatic rings. The standard InChI is InChI=1S/C22H25NO6/c1-5-14-8-9-17-15(11-14)16(12-24)19-22(20(26)28-6-2,21(27)29-7-3)13(4)10-18(25)23(17)19/h8-9,11-13H,5-7,10H2,1-4H3. The Hall–Kier alpha value is -2.96. The Balaban J connectivity index is 2.49. The van der Waals surface area contributed by atoms with Gasteiger partial charge >= 0.3 is 11.9 Å². The third-order valence-corrected chi connectivity index (χ3v) is 5.63. The highest BCUT2D eigenvalue weighted by atomic mass is 16.6. The summed E-state index contributed by atoms with van der Waals surface area (Å²) in [7, 11) is 0. The van der Waals surface area contributed by atoms with E-state index in [0.29, 0.717) is 17.2 Å². The molecule has 1 atom stereocenters. The van der Waals surface area contributed by atoms with E-state index in [1.165, 1.54) is 4.57 Å². The maximum atomic E-state index is 13.2. The van der Waals surface area contributed by atoms with Crippen LogP contribution in [-0.2, 0) is 30.9 Å². The van der Waals surface area contributed by atoms with Gasteiger partial charge in [-0.3, -0.25) is 23.7 Å². The number of aldehydes is 1. The molecule has 1 unspecified atom stereocenters. The van der Waals surface area contributed by atoms with Gasteiger partial charge in [-0.25, -0.2) is 0 Å². The largest absolute Gasteiger partial charge is 0.465 e. The van der Waals surface area contributed by atoms with E-state index in [9.17, 15) is 19.2 Å². The first-order chi connectivity index (χ1) is 13.9. The fraction of sp³-hybridized carbons (Fsp3) is 0.455. The summed E-state index contributed by atoms with van der Waals surface area (Å²) in [6, 6.07) is 5.44. The van der Waals surface area contributed by atoms with Crippen LogP contribution in [0.5, 0.6) is 0 Å². The van der Waals surface area contributed by atoms with Crippen LogP contribution in [0.25, 0.3) is 10.9 Å². The summed E-state index contributed by atoms with van der Waals surface area (Å²) < 4.78 is 11.9. The van der Waals surface area contributed by atoms with Crippen molar-refractivity contribution in [2.45, 2.75) is 46.0 Å². The summed E-state index contributed by atoms with van der Waals surface area (Å²) in [5.74, 6) is -2.61. The zero-order valence-corrected chi connectivity index (χ0v) is 17.1. The summed E-state index contributed by atoms with van der Waals surface area (Å²) in [4.78, 5) is 51.6. The van der Waals surface area contributed by atoms with E-state index in [2.05, 4.69) is 0 Å². The van der Waals surface area contributed by atoms with Gasteiger partial charge in [-0.2, -0.15) is 0 Å². The summed E-state index contributed by atoms with van der Waals surface area (Å²) in [6.07, 6.45) is 1.29. The Bertz CT molecular complexity index is 984. The van der Waals surface area contributed by atoms with E-state index in [-0.39, 0.29) is 36.8 Å². The topological polar surface area (TPSA) is 91.7 Å². The van der Waals surface area contributed by atoms with Gasteiger partial charge in [0.25, 0.3) is 0 Å². The molecule has 2 aromatic rings. The van der Waals surface area contributed by atoms with Gasteiger partial charge in [0.2, 0.25) is 11.3 Å². The smallest absolute Gasteiger partial charge is 0.329 e. The molecule has 0 amide bonds. The third kappa shape index (κ3) is 2.87. The Kier molecular flexibility index (Phi) is 5.59. The van der Waals surface area contributed by atoms with Crippen molar-refractivity contribution in [1.82, 2.24) is 4.57 Å². The second kappa shape index (κ2) is 7.81. The van der Waals surface area contributed by atoms with Crippen molar-refractivity contribution in [2.75, 3.05) is 13.2 Å². The number of nitrogens with zero attached hydrogens (tertiary/aromatic N) is 1. The molecule has 154 valence electrons. The predicted molar refractivity (Wildman–Crippen MR) is 106 cm³/mol.